The fraction of sp³-hybridized carbons (Fsp3) is 0.350. The lowest BCUT2D eigenvalue weighted by Crippen LogP contribution is -2.38. The molecule has 0 aliphatic heterocycles. The van der Waals surface area contributed by atoms with E-state index in [1.54, 1.807) is 52.0 Å². The van der Waals surface area contributed by atoms with E-state index in [2.05, 4.69) is 10.3 Å². The molecule has 0 saturated heterocycles. The summed E-state index contributed by atoms with van der Waals surface area (Å²) in [5, 5.41) is 2.75. The van der Waals surface area contributed by atoms with Crippen molar-refractivity contribution < 1.29 is 28.2 Å². The number of carbonyl (C=O) groups excluding carboxylic acids is 3. The van der Waals surface area contributed by atoms with E-state index in [1.165, 1.54) is 0 Å². The second-order valence-corrected chi connectivity index (χ2v) is 6.96. The summed E-state index contributed by atoms with van der Waals surface area (Å²) < 4.78 is 24.4. The third-order valence-corrected chi connectivity index (χ3v) is 3.78. The van der Waals surface area contributed by atoms with Crippen LogP contribution in [-0.2, 0) is 19.1 Å². The highest BCUT2D eigenvalue weighted by atomic mass is 19.1. The summed E-state index contributed by atoms with van der Waals surface area (Å²) >= 11 is 0. The van der Waals surface area contributed by atoms with Crippen LogP contribution in [-0.4, -0.2) is 41.6 Å². The molecule has 8 heteroatoms. The highest BCUT2D eigenvalue weighted by Crippen LogP contribution is 2.32. The average Bonchev–Trinajstić information content (AvgIpc) is 3.00. The number of fused-ring (bicyclic) bond motifs is 1. The zero-order valence-corrected chi connectivity index (χ0v) is 16.2. The number of aromatic amines is 1. The van der Waals surface area contributed by atoms with Crippen LogP contribution in [0.25, 0.3) is 16.5 Å². The smallest absolute Gasteiger partial charge is 0.355 e. The molecule has 28 heavy (non-hydrogen) atoms. The maximum absolute atomic E-state index is 14.0. The SMILES string of the molecule is CCOC(=O)C(NC=O)C(=CF)c1c(C(=O)OC(C)(C)C)[nH]c2ccccc12. The first-order valence-corrected chi connectivity index (χ1v) is 8.74. The van der Waals surface area contributed by atoms with Gasteiger partial charge in [-0.05, 0) is 33.8 Å². The number of benzene rings is 1. The van der Waals surface area contributed by atoms with Crippen molar-refractivity contribution in [1.29, 1.82) is 0 Å². The Kier molecular flexibility index (Phi) is 6.56. The third kappa shape index (κ3) is 4.57. The van der Waals surface area contributed by atoms with Crippen LogP contribution < -0.4 is 5.32 Å². The van der Waals surface area contributed by atoms with Crippen molar-refractivity contribution in [2.45, 2.75) is 39.3 Å². The highest BCUT2D eigenvalue weighted by molar-refractivity contribution is 6.08. The first-order chi connectivity index (χ1) is 13.2. The van der Waals surface area contributed by atoms with Gasteiger partial charge in [-0.15, -0.1) is 0 Å². The summed E-state index contributed by atoms with van der Waals surface area (Å²) in [6.07, 6.45) is 0.453. The van der Waals surface area contributed by atoms with E-state index in [4.69, 9.17) is 9.47 Å². The monoisotopic (exact) mass is 390 g/mol. The van der Waals surface area contributed by atoms with Gasteiger partial charge in [0.2, 0.25) is 6.41 Å². The van der Waals surface area contributed by atoms with E-state index in [0.29, 0.717) is 10.9 Å². The fourth-order valence-corrected chi connectivity index (χ4v) is 2.76. The number of para-hydroxylation sites is 1. The van der Waals surface area contributed by atoms with Crippen molar-refractivity contribution in [1.82, 2.24) is 10.3 Å². The quantitative estimate of drug-likeness (QED) is 0.559. The molecule has 150 valence electrons. The summed E-state index contributed by atoms with van der Waals surface area (Å²) in [6.45, 7) is 6.74. The minimum atomic E-state index is -1.43. The van der Waals surface area contributed by atoms with Crippen LogP contribution in [0.1, 0.15) is 43.7 Å². The van der Waals surface area contributed by atoms with E-state index in [-0.39, 0.29) is 36.2 Å². The standard InChI is InChI=1S/C20H23FN2O5/c1-5-27-18(25)16(22-11-24)13(10-21)15-12-8-6-7-9-14(12)23-17(15)19(26)28-20(2,3)4/h6-11,16,23H,5H2,1-4H3,(H,22,24). The van der Waals surface area contributed by atoms with Gasteiger partial charge in [-0.3, -0.25) is 4.79 Å². The molecule has 0 spiro atoms. The first kappa shape index (κ1) is 21.1. The predicted molar refractivity (Wildman–Crippen MR) is 102 cm³/mol. The molecule has 1 aromatic heterocycles. The van der Waals surface area contributed by atoms with Gasteiger partial charge in [0.1, 0.15) is 11.3 Å². The van der Waals surface area contributed by atoms with Crippen LogP contribution in [0.15, 0.2) is 30.6 Å². The largest absolute Gasteiger partial charge is 0.464 e. The minimum Gasteiger partial charge on any atom is -0.464 e. The van der Waals surface area contributed by atoms with Crippen molar-refractivity contribution in [2.24, 2.45) is 0 Å². The molecule has 7 nitrogen and oxygen atoms in total. The highest BCUT2D eigenvalue weighted by Gasteiger charge is 2.32. The van der Waals surface area contributed by atoms with Crippen LogP contribution in [0.2, 0.25) is 0 Å². The van der Waals surface area contributed by atoms with Gasteiger partial charge in [-0.1, -0.05) is 18.2 Å². The maximum Gasteiger partial charge on any atom is 0.355 e. The number of nitrogens with one attached hydrogen (secondary N) is 2. The van der Waals surface area contributed by atoms with Crippen molar-refractivity contribution in [3.63, 3.8) is 0 Å². The zero-order valence-electron chi connectivity index (χ0n) is 16.2. The Morgan fingerprint density at radius 1 is 1.29 bits per heavy atom. The number of halogens is 1. The number of aromatic nitrogens is 1. The molecule has 0 aliphatic carbocycles. The van der Waals surface area contributed by atoms with E-state index in [1.807, 2.05) is 0 Å². The number of esters is 2. The lowest BCUT2D eigenvalue weighted by molar-refractivity contribution is -0.144. The number of amides is 1. The minimum absolute atomic E-state index is 0.0259. The molecular formula is C20H23FN2O5. The topological polar surface area (TPSA) is 97.5 Å². The van der Waals surface area contributed by atoms with Gasteiger partial charge in [-0.2, -0.15) is 0 Å². The van der Waals surface area contributed by atoms with Crippen LogP contribution in [0.5, 0.6) is 0 Å². The van der Waals surface area contributed by atoms with Crippen LogP contribution >= 0.6 is 0 Å². The number of ether oxygens (including phenoxy) is 2. The number of hydrogen-bond acceptors (Lipinski definition) is 5. The lowest BCUT2D eigenvalue weighted by Gasteiger charge is -2.21. The molecule has 0 saturated carbocycles. The van der Waals surface area contributed by atoms with Crippen LogP contribution in [0, 0.1) is 0 Å². The third-order valence-electron chi connectivity index (χ3n) is 3.78. The number of H-pyrrole nitrogens is 1. The van der Waals surface area contributed by atoms with Crippen molar-refractivity contribution in [3.8, 4) is 0 Å². The van der Waals surface area contributed by atoms with Crippen molar-refractivity contribution in [2.75, 3.05) is 6.61 Å². The molecule has 1 amide bonds. The predicted octanol–water partition coefficient (Wildman–Crippen LogP) is 3.11. The summed E-state index contributed by atoms with van der Waals surface area (Å²) in [5.74, 6) is -1.56. The zero-order chi connectivity index (χ0) is 20.9. The molecule has 0 fully saturated rings. The average molecular weight is 390 g/mol. The fourth-order valence-electron chi connectivity index (χ4n) is 2.76. The normalized spacial score (nSPS) is 13.1. The molecule has 2 rings (SSSR count). The number of carbonyl (C=O) groups is 3. The van der Waals surface area contributed by atoms with Gasteiger partial charge in [0.05, 0.1) is 12.9 Å². The Labute approximate surface area is 161 Å². The van der Waals surface area contributed by atoms with Gasteiger partial charge in [0.25, 0.3) is 0 Å². The van der Waals surface area contributed by atoms with Gasteiger partial charge >= 0.3 is 11.9 Å². The second kappa shape index (κ2) is 8.69. The maximum atomic E-state index is 14.0. The van der Waals surface area contributed by atoms with Gasteiger partial charge in [0, 0.05) is 22.0 Å². The van der Waals surface area contributed by atoms with E-state index < -0.39 is 23.6 Å². The van der Waals surface area contributed by atoms with Crippen LogP contribution in [0.3, 0.4) is 0 Å². The summed E-state index contributed by atoms with van der Waals surface area (Å²) in [6, 6.07) is 5.40. The van der Waals surface area contributed by atoms with E-state index in [0.717, 1.165) is 0 Å². The summed E-state index contributed by atoms with van der Waals surface area (Å²) in [5.41, 5.74) is -0.357. The lowest BCUT2D eigenvalue weighted by atomic mass is 9.96. The molecule has 0 aliphatic rings. The Hall–Kier alpha value is -3.16. The Morgan fingerprint density at radius 3 is 2.54 bits per heavy atom. The molecule has 0 radical (unpaired) electrons. The Bertz CT molecular complexity index is 911. The van der Waals surface area contributed by atoms with E-state index >= 15 is 0 Å². The molecule has 0 bridgehead atoms. The molecule has 1 atom stereocenters. The Balaban J connectivity index is 2.67. The molecule has 1 aromatic carbocycles. The molecular weight excluding hydrogens is 367 g/mol. The summed E-state index contributed by atoms with van der Waals surface area (Å²) in [7, 11) is 0. The molecule has 1 unspecified atom stereocenters. The van der Waals surface area contributed by atoms with Gasteiger partial charge in [-0.25, -0.2) is 14.0 Å². The van der Waals surface area contributed by atoms with Crippen LogP contribution in [0.4, 0.5) is 4.39 Å². The number of hydrogen-bond donors (Lipinski definition) is 2. The van der Waals surface area contributed by atoms with Gasteiger partial charge in [0.15, 0.2) is 6.04 Å². The molecule has 1 heterocycles. The first-order valence-electron chi connectivity index (χ1n) is 8.74. The summed E-state index contributed by atoms with van der Waals surface area (Å²) in [4.78, 5) is 39.0. The van der Waals surface area contributed by atoms with Crippen molar-refractivity contribution in [3.05, 3.63) is 41.9 Å². The second-order valence-electron chi connectivity index (χ2n) is 6.96. The Morgan fingerprint density at radius 2 is 1.96 bits per heavy atom. The van der Waals surface area contributed by atoms with Crippen molar-refractivity contribution >= 4 is 34.8 Å². The molecule has 2 N–H and O–H groups in total. The number of rotatable bonds is 7. The molecule has 2 aromatic rings. The van der Waals surface area contributed by atoms with E-state index in [9.17, 15) is 18.8 Å². The van der Waals surface area contributed by atoms with Gasteiger partial charge < -0.3 is 19.8 Å².